The van der Waals surface area contributed by atoms with Crippen molar-refractivity contribution in [1.29, 1.82) is 0 Å². The summed E-state index contributed by atoms with van der Waals surface area (Å²) in [4.78, 5) is 41.2. The van der Waals surface area contributed by atoms with Crippen LogP contribution in [-0.4, -0.2) is 43.3 Å². The summed E-state index contributed by atoms with van der Waals surface area (Å²) in [5.41, 5.74) is 0. The van der Waals surface area contributed by atoms with Crippen molar-refractivity contribution in [2.24, 2.45) is 5.92 Å². The summed E-state index contributed by atoms with van der Waals surface area (Å²) in [5, 5.41) is 24.0. The Morgan fingerprint density at radius 1 is 1.17 bits per heavy atom. The molecular formula is C9H14O8P+. The quantitative estimate of drug-likeness (QED) is 0.470. The molecule has 0 aromatic rings. The normalized spacial score (nSPS) is 16.4. The number of carboxylic acid groups (broad SMARTS) is 3. The van der Waals surface area contributed by atoms with Crippen LogP contribution in [0.5, 0.6) is 0 Å². The molecule has 3 unspecified atom stereocenters. The Morgan fingerprint density at radius 3 is 1.94 bits per heavy atom. The van der Waals surface area contributed by atoms with E-state index in [9.17, 15) is 18.9 Å². The first-order chi connectivity index (χ1) is 8.12. The van der Waals surface area contributed by atoms with Gasteiger partial charge in [-0.15, -0.1) is 0 Å². The molecule has 0 aliphatic rings. The van der Waals surface area contributed by atoms with E-state index in [-0.39, 0.29) is 6.42 Å². The molecule has 9 heteroatoms. The minimum atomic E-state index is -3.19. The number of rotatable bonds is 8. The molecule has 0 aromatic carbocycles. The van der Waals surface area contributed by atoms with Crippen molar-refractivity contribution in [2.75, 3.05) is 0 Å². The lowest BCUT2D eigenvalue weighted by atomic mass is 9.86. The van der Waals surface area contributed by atoms with Crippen molar-refractivity contribution in [3.8, 4) is 0 Å². The van der Waals surface area contributed by atoms with Crippen LogP contribution in [0.1, 0.15) is 26.2 Å². The summed E-state index contributed by atoms with van der Waals surface area (Å²) in [5.74, 6) is -5.44. The minimum Gasteiger partial charge on any atom is -0.481 e. The lowest BCUT2D eigenvalue weighted by Gasteiger charge is -2.21. The topological polar surface area (TPSA) is 149 Å². The Labute approximate surface area is 103 Å². The molecule has 0 rings (SSSR count). The zero-order chi connectivity index (χ0) is 14.5. The largest absolute Gasteiger partial charge is 0.523 e. The first-order valence-electron chi connectivity index (χ1n) is 4.95. The first-order valence-corrected chi connectivity index (χ1v) is 6.16. The van der Waals surface area contributed by atoms with E-state index >= 15 is 0 Å². The maximum absolute atomic E-state index is 11.2. The highest BCUT2D eigenvalue weighted by Gasteiger charge is 2.58. The standard InChI is InChI=1S/C9H13O8P/c1-9(8(14)15,18(16)17)5(4-7(12)13)2-3-6(10)11/h5H,2-4H2,1H3,(H3-,10,11,12,13,14,15,16,17)/p+1. The Morgan fingerprint density at radius 2 is 1.67 bits per heavy atom. The summed E-state index contributed by atoms with van der Waals surface area (Å²) in [6.07, 6.45) is -1.45. The van der Waals surface area contributed by atoms with Gasteiger partial charge in [0.2, 0.25) is 0 Å². The minimum absolute atomic E-state index is 0.300. The molecule has 8 nitrogen and oxygen atoms in total. The second kappa shape index (κ2) is 6.42. The Kier molecular flexibility index (Phi) is 5.87. The van der Waals surface area contributed by atoms with Gasteiger partial charge in [-0.05, 0) is 17.9 Å². The molecule has 18 heavy (non-hydrogen) atoms. The molecule has 3 atom stereocenters. The van der Waals surface area contributed by atoms with Gasteiger partial charge in [0.05, 0.1) is 6.42 Å². The van der Waals surface area contributed by atoms with Crippen molar-refractivity contribution in [3.63, 3.8) is 0 Å². The second-order valence-corrected chi connectivity index (χ2v) is 5.43. The van der Waals surface area contributed by atoms with Crippen LogP contribution in [0.2, 0.25) is 0 Å². The predicted octanol–water partition coefficient (Wildman–Crippen LogP) is 0.520. The van der Waals surface area contributed by atoms with Crippen LogP contribution in [0, 0.1) is 5.92 Å². The van der Waals surface area contributed by atoms with E-state index in [4.69, 9.17) is 20.2 Å². The first kappa shape index (κ1) is 16.5. The summed E-state index contributed by atoms with van der Waals surface area (Å²) in [6, 6.07) is 0. The average molecular weight is 281 g/mol. The van der Waals surface area contributed by atoms with E-state index in [2.05, 4.69) is 0 Å². The number of carbonyl (C=O) groups is 3. The van der Waals surface area contributed by atoms with Gasteiger partial charge in [-0.2, -0.15) is 4.89 Å². The summed E-state index contributed by atoms with van der Waals surface area (Å²) in [7, 11) is -3.19. The zero-order valence-electron chi connectivity index (χ0n) is 9.57. The fourth-order valence-electron chi connectivity index (χ4n) is 1.50. The van der Waals surface area contributed by atoms with E-state index in [1.165, 1.54) is 0 Å². The van der Waals surface area contributed by atoms with E-state index in [1.54, 1.807) is 0 Å². The van der Waals surface area contributed by atoms with Gasteiger partial charge in [-0.1, -0.05) is 0 Å². The second-order valence-electron chi connectivity index (χ2n) is 3.95. The third kappa shape index (κ3) is 4.05. The average Bonchev–Trinajstić information content (AvgIpc) is 2.21. The van der Waals surface area contributed by atoms with Crippen LogP contribution in [0.4, 0.5) is 0 Å². The van der Waals surface area contributed by atoms with Gasteiger partial charge in [0.1, 0.15) is 0 Å². The van der Waals surface area contributed by atoms with Crippen molar-refractivity contribution in [3.05, 3.63) is 0 Å². The molecule has 0 aliphatic heterocycles. The van der Waals surface area contributed by atoms with Gasteiger partial charge in [0.25, 0.3) is 5.16 Å². The highest BCUT2D eigenvalue weighted by atomic mass is 31.1. The predicted molar refractivity (Wildman–Crippen MR) is 58.5 cm³/mol. The van der Waals surface area contributed by atoms with Gasteiger partial charge < -0.3 is 15.3 Å². The molecule has 102 valence electrons. The smallest absolute Gasteiger partial charge is 0.481 e. The van der Waals surface area contributed by atoms with Crippen LogP contribution < -0.4 is 0 Å². The number of hydrogen-bond donors (Lipinski definition) is 4. The molecule has 0 aromatic heterocycles. The van der Waals surface area contributed by atoms with Gasteiger partial charge in [0.15, 0.2) is 0 Å². The molecule has 0 saturated carbocycles. The molecule has 0 spiro atoms. The zero-order valence-corrected chi connectivity index (χ0v) is 10.5. The molecule has 0 bridgehead atoms. The van der Waals surface area contributed by atoms with Gasteiger partial charge in [0, 0.05) is 12.3 Å². The molecular weight excluding hydrogens is 267 g/mol. The van der Waals surface area contributed by atoms with E-state index in [0.717, 1.165) is 6.92 Å². The van der Waals surface area contributed by atoms with Crippen LogP contribution in [0.25, 0.3) is 0 Å². The molecule has 0 heterocycles. The van der Waals surface area contributed by atoms with Gasteiger partial charge in [-0.3, -0.25) is 9.59 Å². The number of hydrogen-bond acceptors (Lipinski definition) is 4. The molecule has 4 N–H and O–H groups in total. The van der Waals surface area contributed by atoms with E-state index in [1.807, 2.05) is 0 Å². The third-order valence-corrected chi connectivity index (χ3v) is 4.10. The Balaban J connectivity index is 5.23. The highest BCUT2D eigenvalue weighted by molar-refractivity contribution is 7.41. The number of aliphatic carboxylic acids is 3. The van der Waals surface area contributed by atoms with Crippen molar-refractivity contribution >= 4 is 25.9 Å². The van der Waals surface area contributed by atoms with Crippen LogP contribution in [0.3, 0.4) is 0 Å². The highest BCUT2D eigenvalue weighted by Crippen LogP contribution is 2.45. The van der Waals surface area contributed by atoms with Crippen LogP contribution in [0.15, 0.2) is 0 Å². The fraction of sp³-hybridized carbons (Fsp3) is 0.667. The molecule has 0 amide bonds. The molecule has 0 fully saturated rings. The maximum Gasteiger partial charge on any atom is 0.523 e. The Hall–Kier alpha value is -1.53. The lowest BCUT2D eigenvalue weighted by molar-refractivity contribution is -0.145. The van der Waals surface area contributed by atoms with E-state index in [0.29, 0.717) is 0 Å². The lowest BCUT2D eigenvalue weighted by Crippen LogP contribution is -2.41. The molecule has 0 radical (unpaired) electrons. The Bertz CT molecular complexity index is 363. The van der Waals surface area contributed by atoms with Gasteiger partial charge in [-0.25, -0.2) is 4.79 Å². The fourth-order valence-corrected chi connectivity index (χ4v) is 2.20. The summed E-state index contributed by atoms with van der Waals surface area (Å²) >= 11 is 0. The van der Waals surface area contributed by atoms with Crippen LogP contribution >= 0.6 is 8.03 Å². The monoisotopic (exact) mass is 281 g/mol. The van der Waals surface area contributed by atoms with Gasteiger partial charge >= 0.3 is 25.9 Å². The maximum atomic E-state index is 11.2. The molecule has 0 saturated heterocycles. The SMILES string of the molecule is CC(C(=O)O)(C(CCC(=O)O)CC(=O)O)[P+](=O)O. The van der Waals surface area contributed by atoms with E-state index < -0.39 is 49.9 Å². The van der Waals surface area contributed by atoms with Crippen molar-refractivity contribution < 1.29 is 39.2 Å². The molecule has 0 aliphatic carbocycles. The number of carboxylic acids is 3. The third-order valence-electron chi connectivity index (χ3n) is 2.75. The van der Waals surface area contributed by atoms with Crippen molar-refractivity contribution in [1.82, 2.24) is 0 Å². The summed E-state index contributed by atoms with van der Waals surface area (Å²) in [6.45, 7) is 0.948. The van der Waals surface area contributed by atoms with Crippen molar-refractivity contribution in [2.45, 2.75) is 31.3 Å². The van der Waals surface area contributed by atoms with Crippen LogP contribution in [-0.2, 0) is 18.9 Å². The summed E-state index contributed by atoms with van der Waals surface area (Å²) < 4.78 is 11.2.